The molecule has 19 heavy (non-hydrogen) atoms. The van der Waals surface area contributed by atoms with Crippen LogP contribution in [0.2, 0.25) is 0 Å². The molecule has 0 aliphatic heterocycles. The van der Waals surface area contributed by atoms with Crippen molar-refractivity contribution in [1.29, 1.82) is 0 Å². The molecule has 6 heteroatoms. The number of benzene rings is 1. The van der Waals surface area contributed by atoms with E-state index in [-0.39, 0.29) is 5.91 Å². The number of hydrogen-bond acceptors (Lipinski definition) is 3. The molecule has 0 aliphatic rings. The Labute approximate surface area is 109 Å². The molecule has 0 fully saturated rings. The van der Waals surface area contributed by atoms with Crippen LogP contribution >= 0.6 is 0 Å². The summed E-state index contributed by atoms with van der Waals surface area (Å²) in [4.78, 5) is 12.1. The lowest BCUT2D eigenvalue weighted by molar-refractivity contribution is 0.102. The largest absolute Gasteiger partial charge is 0.305 e. The smallest absolute Gasteiger partial charge is 0.256 e. The maximum Gasteiger partial charge on any atom is 0.256 e. The van der Waals surface area contributed by atoms with Crippen molar-refractivity contribution in [2.45, 2.75) is 13.8 Å². The number of nitrogens with one attached hydrogen (secondary N) is 3. The van der Waals surface area contributed by atoms with E-state index in [2.05, 4.69) is 25.7 Å². The maximum absolute atomic E-state index is 12.1. The summed E-state index contributed by atoms with van der Waals surface area (Å²) in [5, 5.41) is 17.4. The molecular formula is C13H13N5O. The van der Waals surface area contributed by atoms with Crippen molar-refractivity contribution in [2.24, 2.45) is 0 Å². The molecule has 0 bridgehead atoms. The molecular weight excluding hydrogens is 242 g/mol. The number of aromatic nitrogens is 4. The fourth-order valence-corrected chi connectivity index (χ4v) is 1.86. The third-order valence-electron chi connectivity index (χ3n) is 3.19. The van der Waals surface area contributed by atoms with Crippen LogP contribution in [0.5, 0.6) is 0 Å². The number of nitrogens with zero attached hydrogens (tertiary/aromatic N) is 2. The van der Waals surface area contributed by atoms with Crippen molar-refractivity contribution in [3.8, 4) is 0 Å². The van der Waals surface area contributed by atoms with E-state index >= 15 is 0 Å². The van der Waals surface area contributed by atoms with Gasteiger partial charge in [-0.05, 0) is 26.0 Å². The number of aromatic amines is 2. The standard InChI is InChI=1S/C13H13N5O/c1-7-8(2)16-18-12(7)15-13(19)9-3-4-10-6-14-17-11(10)5-9/h3-6H,1-2H3,(H,14,17)(H2,15,16,18,19). The van der Waals surface area contributed by atoms with E-state index in [9.17, 15) is 4.79 Å². The van der Waals surface area contributed by atoms with E-state index in [1.807, 2.05) is 19.9 Å². The number of H-pyrrole nitrogens is 2. The Morgan fingerprint density at radius 2 is 2.11 bits per heavy atom. The van der Waals surface area contributed by atoms with Gasteiger partial charge in [-0.3, -0.25) is 15.0 Å². The molecule has 1 aromatic carbocycles. The highest BCUT2D eigenvalue weighted by molar-refractivity contribution is 6.05. The van der Waals surface area contributed by atoms with E-state index in [0.717, 1.165) is 22.2 Å². The first-order valence-corrected chi connectivity index (χ1v) is 5.91. The molecule has 0 spiro atoms. The number of hydrogen-bond donors (Lipinski definition) is 3. The van der Waals surface area contributed by atoms with Gasteiger partial charge in [-0.1, -0.05) is 6.07 Å². The molecule has 0 saturated heterocycles. The Balaban J connectivity index is 1.89. The third-order valence-corrected chi connectivity index (χ3v) is 3.19. The molecule has 3 aromatic rings. The van der Waals surface area contributed by atoms with Crippen LogP contribution in [-0.2, 0) is 0 Å². The quantitative estimate of drug-likeness (QED) is 0.655. The Morgan fingerprint density at radius 3 is 2.84 bits per heavy atom. The summed E-state index contributed by atoms with van der Waals surface area (Å²) < 4.78 is 0. The van der Waals surface area contributed by atoms with Crippen molar-refractivity contribution in [2.75, 3.05) is 5.32 Å². The number of carbonyl (C=O) groups is 1. The highest BCUT2D eigenvalue weighted by atomic mass is 16.1. The molecule has 0 radical (unpaired) electrons. The Morgan fingerprint density at radius 1 is 1.26 bits per heavy atom. The van der Waals surface area contributed by atoms with Crippen LogP contribution < -0.4 is 5.32 Å². The van der Waals surface area contributed by atoms with E-state index in [4.69, 9.17) is 0 Å². The average Bonchev–Trinajstić information content (AvgIpc) is 2.99. The molecule has 0 unspecified atom stereocenters. The van der Waals surface area contributed by atoms with Crippen molar-refractivity contribution in [1.82, 2.24) is 20.4 Å². The summed E-state index contributed by atoms with van der Waals surface area (Å²) >= 11 is 0. The third kappa shape index (κ3) is 1.97. The number of aryl methyl sites for hydroxylation is 1. The molecule has 96 valence electrons. The topological polar surface area (TPSA) is 86.5 Å². The second-order valence-electron chi connectivity index (χ2n) is 4.45. The normalized spacial score (nSPS) is 10.8. The van der Waals surface area contributed by atoms with Crippen LogP contribution in [0.1, 0.15) is 21.6 Å². The molecule has 3 rings (SSSR count). The number of rotatable bonds is 2. The second kappa shape index (κ2) is 4.24. The fourth-order valence-electron chi connectivity index (χ4n) is 1.86. The Bertz CT molecular complexity index is 755. The Kier molecular flexibility index (Phi) is 2.56. The SMILES string of the molecule is Cc1[nH]nc(NC(=O)c2ccc3cn[nH]c3c2)c1C. The average molecular weight is 255 g/mol. The van der Waals surface area contributed by atoms with E-state index in [1.54, 1.807) is 18.3 Å². The van der Waals surface area contributed by atoms with Crippen LogP contribution in [-0.4, -0.2) is 26.3 Å². The lowest BCUT2D eigenvalue weighted by Crippen LogP contribution is -2.12. The maximum atomic E-state index is 12.1. The predicted octanol–water partition coefficient (Wildman–Crippen LogP) is 2.16. The lowest BCUT2D eigenvalue weighted by Gasteiger charge is -2.03. The molecule has 0 aliphatic carbocycles. The number of fused-ring (bicyclic) bond motifs is 1. The minimum atomic E-state index is -0.189. The summed E-state index contributed by atoms with van der Waals surface area (Å²) in [6.07, 6.45) is 1.72. The summed E-state index contributed by atoms with van der Waals surface area (Å²) in [6.45, 7) is 3.82. The van der Waals surface area contributed by atoms with Gasteiger partial charge >= 0.3 is 0 Å². The molecule has 0 saturated carbocycles. The highest BCUT2D eigenvalue weighted by Crippen LogP contribution is 2.17. The zero-order valence-electron chi connectivity index (χ0n) is 10.6. The summed E-state index contributed by atoms with van der Waals surface area (Å²) in [6, 6.07) is 5.39. The van der Waals surface area contributed by atoms with Crippen LogP contribution in [0, 0.1) is 13.8 Å². The van der Waals surface area contributed by atoms with Crippen LogP contribution in [0.4, 0.5) is 5.82 Å². The Hall–Kier alpha value is -2.63. The van der Waals surface area contributed by atoms with Gasteiger partial charge in [-0.15, -0.1) is 0 Å². The number of carbonyl (C=O) groups excluding carboxylic acids is 1. The highest BCUT2D eigenvalue weighted by Gasteiger charge is 2.12. The zero-order chi connectivity index (χ0) is 13.4. The monoisotopic (exact) mass is 255 g/mol. The molecule has 1 amide bonds. The first-order chi connectivity index (χ1) is 9.15. The minimum Gasteiger partial charge on any atom is -0.305 e. The molecule has 3 N–H and O–H groups in total. The van der Waals surface area contributed by atoms with Crippen molar-refractivity contribution < 1.29 is 4.79 Å². The summed E-state index contributed by atoms with van der Waals surface area (Å²) in [7, 11) is 0. The van der Waals surface area contributed by atoms with Gasteiger partial charge in [0.15, 0.2) is 5.82 Å². The van der Waals surface area contributed by atoms with E-state index in [1.165, 1.54) is 0 Å². The summed E-state index contributed by atoms with van der Waals surface area (Å²) in [5.41, 5.74) is 3.29. The van der Waals surface area contributed by atoms with Gasteiger partial charge in [-0.25, -0.2) is 0 Å². The minimum absolute atomic E-state index is 0.189. The lowest BCUT2D eigenvalue weighted by atomic mass is 10.1. The molecule has 0 atom stereocenters. The van der Waals surface area contributed by atoms with Gasteiger partial charge in [-0.2, -0.15) is 10.2 Å². The van der Waals surface area contributed by atoms with Gasteiger partial charge in [0.05, 0.1) is 11.7 Å². The van der Waals surface area contributed by atoms with E-state index < -0.39 is 0 Å². The van der Waals surface area contributed by atoms with Gasteiger partial charge in [0, 0.05) is 22.2 Å². The van der Waals surface area contributed by atoms with Crippen LogP contribution in [0.3, 0.4) is 0 Å². The zero-order valence-corrected chi connectivity index (χ0v) is 10.6. The number of amides is 1. The predicted molar refractivity (Wildman–Crippen MR) is 72.1 cm³/mol. The summed E-state index contributed by atoms with van der Waals surface area (Å²) in [5.74, 6) is 0.373. The first-order valence-electron chi connectivity index (χ1n) is 5.91. The fraction of sp³-hybridized carbons (Fsp3) is 0.154. The van der Waals surface area contributed by atoms with E-state index in [0.29, 0.717) is 11.4 Å². The molecule has 2 heterocycles. The van der Waals surface area contributed by atoms with Crippen molar-refractivity contribution in [3.63, 3.8) is 0 Å². The van der Waals surface area contributed by atoms with Gasteiger partial charge in [0.2, 0.25) is 0 Å². The van der Waals surface area contributed by atoms with Crippen LogP contribution in [0.25, 0.3) is 10.9 Å². The van der Waals surface area contributed by atoms with Gasteiger partial charge in [0.1, 0.15) is 0 Å². The first kappa shape index (κ1) is 11.5. The second-order valence-corrected chi connectivity index (χ2v) is 4.45. The molecule has 6 nitrogen and oxygen atoms in total. The number of anilines is 1. The van der Waals surface area contributed by atoms with Crippen molar-refractivity contribution >= 4 is 22.6 Å². The van der Waals surface area contributed by atoms with Gasteiger partial charge < -0.3 is 5.32 Å². The van der Waals surface area contributed by atoms with Gasteiger partial charge in [0.25, 0.3) is 5.91 Å². The molecule has 2 aromatic heterocycles. The van der Waals surface area contributed by atoms with Crippen molar-refractivity contribution in [3.05, 3.63) is 41.2 Å². The van der Waals surface area contributed by atoms with Crippen LogP contribution in [0.15, 0.2) is 24.4 Å².